The van der Waals surface area contributed by atoms with Gasteiger partial charge < -0.3 is 4.90 Å². The number of hydrogen-bond acceptors (Lipinski definition) is 2. The first-order valence-corrected chi connectivity index (χ1v) is 5.92. The summed E-state index contributed by atoms with van der Waals surface area (Å²) in [7, 11) is 0. The van der Waals surface area contributed by atoms with Crippen molar-refractivity contribution in [1.29, 1.82) is 5.26 Å². The fourth-order valence-corrected chi connectivity index (χ4v) is 2.25. The molecule has 0 aromatic heterocycles. The van der Waals surface area contributed by atoms with E-state index in [2.05, 4.69) is 0 Å². The first-order valence-electron chi connectivity index (χ1n) is 5.92. The van der Waals surface area contributed by atoms with Crippen LogP contribution in [0, 0.1) is 17.2 Å². The van der Waals surface area contributed by atoms with Gasteiger partial charge in [-0.15, -0.1) is 0 Å². The summed E-state index contributed by atoms with van der Waals surface area (Å²) in [6.07, 6.45) is 6.87. The Kier molecular flexibility index (Phi) is 5.17. The minimum absolute atomic E-state index is 0.144. The minimum atomic E-state index is 0.144. The number of amides is 1. The summed E-state index contributed by atoms with van der Waals surface area (Å²) in [6, 6.07) is 2.03. The van der Waals surface area contributed by atoms with Gasteiger partial charge in [0.25, 0.3) is 0 Å². The minimum Gasteiger partial charge on any atom is -0.330 e. The van der Waals surface area contributed by atoms with E-state index in [9.17, 15) is 4.79 Å². The van der Waals surface area contributed by atoms with E-state index in [1.807, 2.05) is 13.0 Å². The van der Waals surface area contributed by atoms with Gasteiger partial charge >= 0.3 is 0 Å². The van der Waals surface area contributed by atoms with Crippen molar-refractivity contribution in [3.63, 3.8) is 0 Å². The highest BCUT2D eigenvalue weighted by Gasteiger charge is 2.18. The van der Waals surface area contributed by atoms with Gasteiger partial charge in [-0.25, -0.2) is 0 Å². The maximum Gasteiger partial charge on any atom is 0.223 e. The Morgan fingerprint density at radius 1 is 1.47 bits per heavy atom. The largest absolute Gasteiger partial charge is 0.330 e. The topological polar surface area (TPSA) is 44.1 Å². The van der Waals surface area contributed by atoms with E-state index in [1.54, 1.807) is 4.90 Å². The monoisotopic (exact) mass is 208 g/mol. The molecule has 0 spiro atoms. The number of rotatable bonds is 5. The van der Waals surface area contributed by atoms with Crippen molar-refractivity contribution in [3.8, 4) is 6.07 Å². The van der Waals surface area contributed by atoms with Gasteiger partial charge in [-0.05, 0) is 19.3 Å². The van der Waals surface area contributed by atoms with Crippen LogP contribution in [-0.2, 0) is 4.79 Å². The highest BCUT2D eigenvalue weighted by Crippen LogP contribution is 2.28. The molecule has 0 unspecified atom stereocenters. The maximum absolute atomic E-state index is 11.7. The molecule has 1 rings (SSSR count). The fourth-order valence-electron chi connectivity index (χ4n) is 2.25. The number of nitriles is 1. The van der Waals surface area contributed by atoms with Crippen molar-refractivity contribution in [2.45, 2.75) is 45.4 Å². The van der Waals surface area contributed by atoms with E-state index < -0.39 is 0 Å². The molecule has 3 heteroatoms. The number of carbonyl (C=O) groups is 1. The number of nitrogens with zero attached hydrogens (tertiary/aromatic N) is 2. The summed E-state index contributed by atoms with van der Waals surface area (Å²) < 4.78 is 0. The van der Waals surface area contributed by atoms with Crippen molar-refractivity contribution in [3.05, 3.63) is 0 Å². The Morgan fingerprint density at radius 3 is 2.67 bits per heavy atom. The molecule has 0 aromatic rings. The molecular formula is C12H20N2O. The molecule has 0 atom stereocenters. The molecule has 0 aromatic carbocycles. The summed E-state index contributed by atoms with van der Waals surface area (Å²) in [5.74, 6) is 0.903. The third-order valence-electron chi connectivity index (χ3n) is 3.24. The van der Waals surface area contributed by atoms with Crippen LogP contribution in [0.2, 0.25) is 0 Å². The van der Waals surface area contributed by atoms with Crippen LogP contribution in [0.3, 0.4) is 0 Å². The zero-order valence-corrected chi connectivity index (χ0v) is 9.54. The van der Waals surface area contributed by atoms with Gasteiger partial charge in [0.05, 0.1) is 6.07 Å². The van der Waals surface area contributed by atoms with E-state index >= 15 is 0 Å². The van der Waals surface area contributed by atoms with Crippen LogP contribution in [-0.4, -0.2) is 23.9 Å². The van der Waals surface area contributed by atoms with Crippen LogP contribution in [0.15, 0.2) is 0 Å². The molecule has 3 nitrogen and oxygen atoms in total. The van der Waals surface area contributed by atoms with Crippen LogP contribution >= 0.6 is 0 Å². The second-order valence-corrected chi connectivity index (χ2v) is 4.26. The lowest BCUT2D eigenvalue weighted by Crippen LogP contribution is -2.31. The third-order valence-corrected chi connectivity index (χ3v) is 3.24. The fraction of sp³-hybridized carbons (Fsp3) is 0.833. The first-order chi connectivity index (χ1) is 7.27. The van der Waals surface area contributed by atoms with E-state index in [0.29, 0.717) is 13.0 Å². The SMILES string of the molecule is CCN(CC#N)C(=O)CCC1CCCC1. The maximum atomic E-state index is 11.7. The van der Waals surface area contributed by atoms with Crippen LogP contribution in [0.1, 0.15) is 45.4 Å². The van der Waals surface area contributed by atoms with Crippen LogP contribution in [0.4, 0.5) is 0 Å². The van der Waals surface area contributed by atoms with Gasteiger partial charge in [0, 0.05) is 13.0 Å². The van der Waals surface area contributed by atoms with Crippen molar-refractivity contribution >= 4 is 5.91 Å². The molecule has 0 saturated heterocycles. The summed E-state index contributed by atoms with van der Waals surface area (Å²) in [6.45, 7) is 2.81. The molecule has 84 valence electrons. The Balaban J connectivity index is 2.24. The van der Waals surface area contributed by atoms with Crippen LogP contribution in [0.25, 0.3) is 0 Å². The van der Waals surface area contributed by atoms with Gasteiger partial charge in [0.1, 0.15) is 6.54 Å². The second-order valence-electron chi connectivity index (χ2n) is 4.26. The Hall–Kier alpha value is -1.04. The summed E-state index contributed by atoms with van der Waals surface area (Å²) in [4.78, 5) is 13.3. The standard InChI is InChI=1S/C12H20N2O/c1-2-14(10-9-13)12(15)8-7-11-5-3-4-6-11/h11H,2-8,10H2,1H3. The molecule has 0 N–H and O–H groups in total. The van der Waals surface area contributed by atoms with Gasteiger partial charge in [0.2, 0.25) is 5.91 Å². The average Bonchev–Trinajstić information content (AvgIpc) is 2.75. The molecule has 15 heavy (non-hydrogen) atoms. The number of carbonyl (C=O) groups excluding carboxylic acids is 1. The number of hydrogen-bond donors (Lipinski definition) is 0. The Bertz CT molecular complexity index is 238. The van der Waals surface area contributed by atoms with Gasteiger partial charge in [0.15, 0.2) is 0 Å². The van der Waals surface area contributed by atoms with Gasteiger partial charge in [-0.3, -0.25) is 4.79 Å². The van der Waals surface area contributed by atoms with Gasteiger partial charge in [-0.2, -0.15) is 5.26 Å². The molecule has 1 fully saturated rings. The summed E-state index contributed by atoms with van der Waals surface area (Å²) >= 11 is 0. The van der Waals surface area contributed by atoms with E-state index in [0.717, 1.165) is 12.3 Å². The van der Waals surface area contributed by atoms with Crippen LogP contribution < -0.4 is 0 Å². The molecular weight excluding hydrogens is 188 g/mol. The van der Waals surface area contributed by atoms with E-state index in [1.165, 1.54) is 25.7 Å². The van der Waals surface area contributed by atoms with E-state index in [4.69, 9.17) is 5.26 Å². The third kappa shape index (κ3) is 3.91. The highest BCUT2D eigenvalue weighted by atomic mass is 16.2. The summed E-state index contributed by atoms with van der Waals surface area (Å²) in [5.41, 5.74) is 0. The van der Waals surface area contributed by atoms with Crippen molar-refractivity contribution < 1.29 is 4.79 Å². The van der Waals surface area contributed by atoms with E-state index in [-0.39, 0.29) is 12.5 Å². The highest BCUT2D eigenvalue weighted by molar-refractivity contribution is 5.76. The predicted molar refractivity (Wildman–Crippen MR) is 59.1 cm³/mol. The normalized spacial score (nSPS) is 16.3. The lowest BCUT2D eigenvalue weighted by Gasteiger charge is -2.18. The smallest absolute Gasteiger partial charge is 0.223 e. The van der Waals surface area contributed by atoms with Gasteiger partial charge in [-0.1, -0.05) is 25.7 Å². The second kappa shape index (κ2) is 6.44. The van der Waals surface area contributed by atoms with Crippen LogP contribution in [0.5, 0.6) is 0 Å². The molecule has 1 aliphatic carbocycles. The van der Waals surface area contributed by atoms with Crippen molar-refractivity contribution in [2.24, 2.45) is 5.92 Å². The first kappa shape index (κ1) is 12.0. The molecule has 1 aliphatic rings. The zero-order chi connectivity index (χ0) is 11.1. The molecule has 0 radical (unpaired) electrons. The predicted octanol–water partition coefficient (Wildman–Crippen LogP) is 2.33. The lowest BCUT2D eigenvalue weighted by atomic mass is 10.0. The quantitative estimate of drug-likeness (QED) is 0.651. The molecule has 1 saturated carbocycles. The Labute approximate surface area is 92.1 Å². The molecule has 0 bridgehead atoms. The molecule has 1 amide bonds. The lowest BCUT2D eigenvalue weighted by molar-refractivity contribution is -0.130. The summed E-state index contributed by atoms with van der Waals surface area (Å²) in [5, 5.41) is 8.55. The molecule has 0 aliphatic heterocycles. The van der Waals surface area contributed by atoms with Crippen molar-refractivity contribution in [1.82, 2.24) is 4.90 Å². The Morgan fingerprint density at radius 2 is 2.13 bits per heavy atom. The van der Waals surface area contributed by atoms with Crippen molar-refractivity contribution in [2.75, 3.05) is 13.1 Å². The average molecular weight is 208 g/mol. The molecule has 0 heterocycles. The zero-order valence-electron chi connectivity index (χ0n) is 9.54.